The van der Waals surface area contributed by atoms with Gasteiger partial charge in [-0.3, -0.25) is 18.9 Å². The normalized spacial score (nSPS) is 23.8. The fourth-order valence-electron chi connectivity index (χ4n) is 2.06. The van der Waals surface area contributed by atoms with Crippen LogP contribution in [0.15, 0.2) is 0 Å². The van der Waals surface area contributed by atoms with Crippen molar-refractivity contribution in [1.82, 2.24) is 9.80 Å². The van der Waals surface area contributed by atoms with E-state index in [2.05, 4.69) is 0 Å². The van der Waals surface area contributed by atoms with Crippen LogP contribution in [0.2, 0.25) is 0 Å². The minimum Gasteiger partial charge on any atom is -0.284 e. The maximum absolute atomic E-state index is 11.1. The van der Waals surface area contributed by atoms with Gasteiger partial charge < -0.3 is 0 Å². The Morgan fingerprint density at radius 1 is 0.789 bits per heavy atom. The molecule has 1 aliphatic rings. The van der Waals surface area contributed by atoms with E-state index in [-0.39, 0.29) is 0 Å². The quantitative estimate of drug-likeness (QED) is 0.665. The molecule has 1 saturated heterocycles. The van der Waals surface area contributed by atoms with Gasteiger partial charge >= 0.3 is 0 Å². The van der Waals surface area contributed by atoms with Gasteiger partial charge in [0.25, 0.3) is 20.2 Å². The summed E-state index contributed by atoms with van der Waals surface area (Å²) in [6.45, 7) is 4.27. The number of nitrogens with zero attached hydrogens (tertiary/aromatic N) is 2. The summed E-state index contributed by atoms with van der Waals surface area (Å²) >= 11 is 0. The highest BCUT2D eigenvalue weighted by molar-refractivity contribution is 7.86. The summed E-state index contributed by atoms with van der Waals surface area (Å²) in [4.78, 5) is 3.15. The molecule has 8 nitrogen and oxygen atoms in total. The van der Waals surface area contributed by atoms with E-state index in [4.69, 9.17) is 9.11 Å². The predicted molar refractivity (Wildman–Crippen MR) is 69.8 cm³/mol. The van der Waals surface area contributed by atoms with Gasteiger partial charge in [0.15, 0.2) is 0 Å². The highest BCUT2D eigenvalue weighted by Gasteiger charge is 2.31. The summed E-state index contributed by atoms with van der Waals surface area (Å²) in [6.07, 6.45) is 0.555. The number of rotatable bonds is 4. The molecule has 2 atom stereocenters. The minimum absolute atomic E-state index is 0.306. The largest absolute Gasteiger partial charge is 0.284 e. The Kier molecular flexibility index (Phi) is 5.32. The zero-order valence-corrected chi connectivity index (χ0v) is 12.6. The lowest BCUT2D eigenvalue weighted by Gasteiger charge is -2.27. The van der Waals surface area contributed by atoms with Crippen molar-refractivity contribution in [1.29, 1.82) is 0 Å². The summed E-state index contributed by atoms with van der Waals surface area (Å²) < 4.78 is 62.4. The van der Waals surface area contributed by atoms with Crippen molar-refractivity contribution >= 4 is 20.2 Å². The Hall–Kier alpha value is -0.260. The third kappa shape index (κ3) is 4.65. The van der Waals surface area contributed by atoms with Gasteiger partial charge in [-0.15, -0.1) is 0 Å². The maximum atomic E-state index is 11.1. The van der Waals surface area contributed by atoms with Gasteiger partial charge in [-0.25, -0.2) is 0 Å². The molecule has 2 unspecified atom stereocenters. The first-order valence-corrected chi connectivity index (χ1v) is 8.95. The maximum Gasteiger partial charge on any atom is 0.280 e. The van der Waals surface area contributed by atoms with Crippen molar-refractivity contribution in [2.45, 2.75) is 31.0 Å². The molecule has 0 aromatic rings. The van der Waals surface area contributed by atoms with E-state index in [1.54, 1.807) is 9.80 Å². The zero-order valence-electron chi connectivity index (χ0n) is 10.9. The summed E-state index contributed by atoms with van der Waals surface area (Å²) in [5.41, 5.74) is 0. The van der Waals surface area contributed by atoms with Crippen molar-refractivity contribution in [3.63, 3.8) is 0 Å². The Morgan fingerprint density at radius 2 is 1.11 bits per heavy atom. The summed E-state index contributed by atoms with van der Waals surface area (Å²) in [6, 6.07) is 0. The standard InChI is InChI=1S/C9H20N2O6S2/c1-8(18(12,13)14)10-4-3-5-11(7-6-10)9(2)19(15,16)17/h8-9H,3-7H2,1-2H3,(H,12,13,14)(H,15,16,17). The van der Waals surface area contributed by atoms with Crippen LogP contribution in [0.5, 0.6) is 0 Å². The van der Waals surface area contributed by atoms with E-state index in [0.29, 0.717) is 32.6 Å². The topological polar surface area (TPSA) is 115 Å². The van der Waals surface area contributed by atoms with Crippen LogP contribution in [0.3, 0.4) is 0 Å². The van der Waals surface area contributed by atoms with E-state index < -0.39 is 31.0 Å². The van der Waals surface area contributed by atoms with E-state index >= 15 is 0 Å². The van der Waals surface area contributed by atoms with Crippen LogP contribution >= 0.6 is 0 Å². The predicted octanol–water partition coefficient (Wildman–Crippen LogP) is -0.538. The Morgan fingerprint density at radius 3 is 1.37 bits per heavy atom. The fourth-order valence-corrected chi connectivity index (χ4v) is 3.24. The van der Waals surface area contributed by atoms with Gasteiger partial charge in [-0.2, -0.15) is 16.8 Å². The molecule has 0 aromatic carbocycles. The molecular weight excluding hydrogens is 296 g/mol. The Bertz CT molecular complexity index is 457. The molecule has 19 heavy (non-hydrogen) atoms. The van der Waals surface area contributed by atoms with Crippen LogP contribution in [-0.4, -0.2) is 72.7 Å². The second-order valence-electron chi connectivity index (χ2n) is 4.65. The van der Waals surface area contributed by atoms with E-state index in [1.807, 2.05) is 0 Å². The van der Waals surface area contributed by atoms with Crippen molar-refractivity contribution in [2.24, 2.45) is 0 Å². The molecule has 2 N–H and O–H groups in total. The zero-order chi connectivity index (χ0) is 14.8. The highest BCUT2D eigenvalue weighted by atomic mass is 32.2. The summed E-state index contributed by atoms with van der Waals surface area (Å²) in [7, 11) is -8.29. The first kappa shape index (κ1) is 16.8. The number of hydrogen-bond donors (Lipinski definition) is 2. The molecule has 1 fully saturated rings. The van der Waals surface area contributed by atoms with Crippen molar-refractivity contribution < 1.29 is 25.9 Å². The van der Waals surface area contributed by atoms with E-state index in [9.17, 15) is 16.8 Å². The van der Waals surface area contributed by atoms with Gasteiger partial charge in [-0.1, -0.05) is 0 Å². The van der Waals surface area contributed by atoms with Crippen LogP contribution < -0.4 is 0 Å². The lowest BCUT2D eigenvalue weighted by Crippen LogP contribution is -2.43. The highest BCUT2D eigenvalue weighted by Crippen LogP contribution is 2.14. The second-order valence-corrected chi connectivity index (χ2v) is 8.08. The van der Waals surface area contributed by atoms with Crippen molar-refractivity contribution in [3.05, 3.63) is 0 Å². The average molecular weight is 316 g/mol. The van der Waals surface area contributed by atoms with Gasteiger partial charge in [0.2, 0.25) is 0 Å². The van der Waals surface area contributed by atoms with E-state index in [0.717, 1.165) is 0 Å². The minimum atomic E-state index is -4.15. The molecule has 1 aliphatic heterocycles. The molecule has 10 heteroatoms. The smallest absolute Gasteiger partial charge is 0.280 e. The molecule has 114 valence electrons. The van der Waals surface area contributed by atoms with Crippen LogP contribution in [0.1, 0.15) is 20.3 Å². The van der Waals surface area contributed by atoms with Crippen molar-refractivity contribution in [3.8, 4) is 0 Å². The average Bonchev–Trinajstić information content (AvgIpc) is 2.49. The Balaban J connectivity index is 2.72. The number of hydrogen-bond acceptors (Lipinski definition) is 6. The molecule has 0 aromatic heterocycles. The molecule has 1 heterocycles. The third-order valence-corrected chi connectivity index (χ3v) is 5.78. The van der Waals surface area contributed by atoms with Crippen LogP contribution in [-0.2, 0) is 20.2 Å². The first-order chi connectivity index (χ1) is 8.53. The van der Waals surface area contributed by atoms with Gasteiger partial charge in [0, 0.05) is 26.2 Å². The first-order valence-electron chi connectivity index (χ1n) is 5.94. The molecule has 0 bridgehead atoms. The van der Waals surface area contributed by atoms with Gasteiger partial charge in [0.1, 0.15) is 10.7 Å². The molecule has 0 aliphatic carbocycles. The monoisotopic (exact) mass is 316 g/mol. The molecule has 0 saturated carbocycles. The van der Waals surface area contributed by atoms with Gasteiger partial charge in [-0.05, 0) is 20.3 Å². The van der Waals surface area contributed by atoms with E-state index in [1.165, 1.54) is 13.8 Å². The second kappa shape index (κ2) is 6.02. The molecular formula is C9H20N2O6S2. The SMILES string of the molecule is CC(N1CCCN(C(C)S(=O)(=O)O)CC1)S(=O)(=O)O. The fraction of sp³-hybridized carbons (Fsp3) is 1.00. The molecule has 1 rings (SSSR count). The van der Waals surface area contributed by atoms with Crippen LogP contribution in [0.4, 0.5) is 0 Å². The summed E-state index contributed by atoms with van der Waals surface area (Å²) in [5, 5.41) is -2.04. The van der Waals surface area contributed by atoms with Crippen LogP contribution in [0.25, 0.3) is 0 Å². The molecule has 0 radical (unpaired) electrons. The van der Waals surface area contributed by atoms with Crippen molar-refractivity contribution in [2.75, 3.05) is 26.2 Å². The van der Waals surface area contributed by atoms with Gasteiger partial charge in [0.05, 0.1) is 0 Å². The molecule has 0 amide bonds. The third-order valence-electron chi connectivity index (χ3n) is 3.46. The summed E-state index contributed by atoms with van der Waals surface area (Å²) in [5.74, 6) is 0. The lowest BCUT2D eigenvalue weighted by atomic mass is 10.4. The Labute approximate surface area is 113 Å². The molecule has 0 spiro atoms. The lowest BCUT2D eigenvalue weighted by molar-refractivity contribution is 0.229. The van der Waals surface area contributed by atoms with Crippen LogP contribution in [0, 0.1) is 0 Å².